The number of hydrogen-bond acceptors (Lipinski definition) is 2. The minimum atomic E-state index is 0.220. The van der Waals surface area contributed by atoms with Gasteiger partial charge in [0.1, 0.15) is 0 Å². The molecule has 0 unspecified atom stereocenters. The number of pyridine rings is 1. The van der Waals surface area contributed by atoms with Gasteiger partial charge in [0.25, 0.3) is 0 Å². The van der Waals surface area contributed by atoms with Gasteiger partial charge in [-0.2, -0.15) is 0 Å². The summed E-state index contributed by atoms with van der Waals surface area (Å²) in [5.74, 6) is 1.33. The molecule has 1 aliphatic rings. The number of β-lactam (4-membered cyclic amide) rings is 1. The predicted molar refractivity (Wildman–Crippen MR) is 99.0 cm³/mol. The van der Waals surface area contributed by atoms with Crippen LogP contribution >= 0.6 is 22.6 Å². The number of nitrogens with zero attached hydrogens (tertiary/aromatic N) is 2. The maximum atomic E-state index is 12.3. The Hall–Kier alpha value is -1.17. The molecule has 3 rings (SSSR count). The number of benzene rings is 1. The fourth-order valence-electron chi connectivity index (χ4n) is 3.60. The molecule has 2 aromatic rings. The maximum absolute atomic E-state index is 12.3. The largest absolute Gasteiger partial charge is 0.306 e. The van der Waals surface area contributed by atoms with Gasteiger partial charge in [-0.15, -0.1) is 0 Å². The van der Waals surface area contributed by atoms with Gasteiger partial charge in [-0.05, 0) is 52.6 Å². The summed E-state index contributed by atoms with van der Waals surface area (Å²) >= 11 is 2.33. The van der Waals surface area contributed by atoms with Gasteiger partial charge in [-0.1, -0.05) is 33.3 Å². The number of anilines is 1. The molecule has 2 heterocycles. The Morgan fingerprint density at radius 2 is 2.14 bits per heavy atom. The molecule has 3 nitrogen and oxygen atoms in total. The first kappa shape index (κ1) is 15.7. The summed E-state index contributed by atoms with van der Waals surface area (Å²) in [6.45, 7) is 6.72. The summed E-state index contributed by atoms with van der Waals surface area (Å²) < 4.78 is 1.17. The average Bonchev–Trinajstić information content (AvgIpc) is 2.50. The zero-order valence-corrected chi connectivity index (χ0v) is 15.4. The fraction of sp³-hybridized carbons (Fsp3) is 0.444. The first-order valence-electron chi connectivity index (χ1n) is 7.89. The fourth-order valence-corrected chi connectivity index (χ4v) is 4.22. The van der Waals surface area contributed by atoms with Crippen molar-refractivity contribution in [2.75, 3.05) is 4.90 Å². The second kappa shape index (κ2) is 6.14. The van der Waals surface area contributed by atoms with Crippen molar-refractivity contribution in [3.63, 3.8) is 0 Å². The Labute approximate surface area is 145 Å². The molecule has 1 aliphatic heterocycles. The third-order valence-corrected chi connectivity index (χ3v) is 5.70. The van der Waals surface area contributed by atoms with Crippen molar-refractivity contribution in [1.29, 1.82) is 0 Å². The van der Waals surface area contributed by atoms with Crippen LogP contribution in [0.2, 0.25) is 0 Å². The summed E-state index contributed by atoms with van der Waals surface area (Å²) in [6, 6.07) is 8.47. The highest BCUT2D eigenvalue weighted by Crippen LogP contribution is 2.39. The monoisotopic (exact) mass is 408 g/mol. The zero-order chi connectivity index (χ0) is 15.9. The van der Waals surface area contributed by atoms with Crippen LogP contribution in [-0.2, 0) is 4.79 Å². The van der Waals surface area contributed by atoms with E-state index in [9.17, 15) is 4.79 Å². The van der Waals surface area contributed by atoms with Gasteiger partial charge in [0.2, 0.25) is 5.91 Å². The lowest BCUT2D eigenvalue weighted by atomic mass is 9.79. The van der Waals surface area contributed by atoms with Gasteiger partial charge >= 0.3 is 0 Å². The van der Waals surface area contributed by atoms with Gasteiger partial charge in [0, 0.05) is 27.6 Å². The second-order valence-corrected chi connectivity index (χ2v) is 7.48. The molecule has 0 aliphatic carbocycles. The Morgan fingerprint density at radius 1 is 1.36 bits per heavy atom. The number of rotatable bonds is 4. The summed E-state index contributed by atoms with van der Waals surface area (Å²) in [7, 11) is 0. The molecule has 4 heteroatoms. The number of hydrogen-bond donors (Lipinski definition) is 0. The van der Waals surface area contributed by atoms with Crippen molar-refractivity contribution in [1.82, 2.24) is 4.98 Å². The van der Waals surface area contributed by atoms with Crippen molar-refractivity contribution >= 4 is 45.1 Å². The molecule has 1 fully saturated rings. The van der Waals surface area contributed by atoms with Gasteiger partial charge in [0.05, 0.1) is 11.2 Å². The summed E-state index contributed by atoms with van der Waals surface area (Å²) in [5, 5.41) is 1.12. The molecule has 1 amide bonds. The molecule has 0 spiro atoms. The number of halogens is 1. The van der Waals surface area contributed by atoms with E-state index in [1.165, 1.54) is 3.57 Å². The quantitative estimate of drug-likeness (QED) is 0.546. The standard InChI is InChI=1S/C18H21IN2O/c1-4-12(11(2)3)16-10-17(22)21(16)15-8-7-14(19)13-6-5-9-20-18(13)15/h5-9,11-12,16H,4,10H2,1-3H3/t12-,16+/m0/s1. The van der Waals surface area contributed by atoms with Crippen molar-refractivity contribution in [2.24, 2.45) is 11.8 Å². The van der Waals surface area contributed by atoms with Crippen molar-refractivity contribution in [3.05, 3.63) is 34.0 Å². The molecule has 116 valence electrons. The molecule has 0 radical (unpaired) electrons. The molecule has 1 saturated heterocycles. The third-order valence-electron chi connectivity index (χ3n) is 4.76. The van der Waals surface area contributed by atoms with E-state index in [1.54, 1.807) is 6.20 Å². The predicted octanol–water partition coefficient (Wildman–Crippen LogP) is 4.63. The average molecular weight is 408 g/mol. The molecule has 22 heavy (non-hydrogen) atoms. The molecular weight excluding hydrogens is 387 g/mol. The van der Waals surface area contributed by atoms with Crippen molar-refractivity contribution in [3.8, 4) is 0 Å². The van der Waals surface area contributed by atoms with Crippen LogP contribution in [0.1, 0.15) is 33.6 Å². The molecule has 1 aromatic carbocycles. The van der Waals surface area contributed by atoms with E-state index < -0.39 is 0 Å². The van der Waals surface area contributed by atoms with E-state index in [-0.39, 0.29) is 5.91 Å². The van der Waals surface area contributed by atoms with E-state index >= 15 is 0 Å². The van der Waals surface area contributed by atoms with Crippen LogP contribution in [0.4, 0.5) is 5.69 Å². The SMILES string of the molecule is CC[C@@H](C(C)C)[C@H]1CC(=O)N1c1ccc(I)c2cccnc12. The lowest BCUT2D eigenvalue weighted by molar-refractivity contribution is -0.125. The van der Waals surface area contributed by atoms with Crippen LogP contribution in [-0.4, -0.2) is 16.9 Å². The van der Waals surface area contributed by atoms with Crippen LogP contribution < -0.4 is 4.90 Å². The molecule has 2 atom stereocenters. The van der Waals surface area contributed by atoms with Gasteiger partial charge in [-0.3, -0.25) is 9.78 Å². The Balaban J connectivity index is 2.06. The first-order chi connectivity index (χ1) is 10.5. The highest BCUT2D eigenvalue weighted by molar-refractivity contribution is 14.1. The topological polar surface area (TPSA) is 33.2 Å². The Kier molecular flexibility index (Phi) is 4.39. The lowest BCUT2D eigenvalue weighted by Gasteiger charge is -2.46. The molecular formula is C18H21IN2O. The smallest absolute Gasteiger partial charge is 0.229 e. The highest BCUT2D eigenvalue weighted by Gasteiger charge is 2.43. The van der Waals surface area contributed by atoms with Gasteiger partial charge < -0.3 is 4.90 Å². The third kappa shape index (κ3) is 2.51. The number of aromatic nitrogens is 1. The van der Waals surface area contributed by atoms with E-state index in [0.29, 0.717) is 24.3 Å². The van der Waals surface area contributed by atoms with E-state index in [4.69, 9.17) is 0 Å². The Bertz CT molecular complexity index is 713. The van der Waals surface area contributed by atoms with E-state index in [2.05, 4.69) is 60.5 Å². The lowest BCUT2D eigenvalue weighted by Crippen LogP contribution is -2.57. The van der Waals surface area contributed by atoms with E-state index in [0.717, 1.165) is 23.0 Å². The van der Waals surface area contributed by atoms with Crippen LogP contribution in [0, 0.1) is 15.4 Å². The van der Waals surface area contributed by atoms with Crippen LogP contribution in [0.15, 0.2) is 30.5 Å². The minimum absolute atomic E-state index is 0.220. The second-order valence-electron chi connectivity index (χ2n) is 6.32. The minimum Gasteiger partial charge on any atom is -0.306 e. The molecule has 0 N–H and O–H groups in total. The molecule has 0 saturated carbocycles. The number of amides is 1. The maximum Gasteiger partial charge on any atom is 0.229 e. The van der Waals surface area contributed by atoms with Gasteiger partial charge in [-0.25, -0.2) is 0 Å². The summed E-state index contributed by atoms with van der Waals surface area (Å²) in [4.78, 5) is 18.8. The van der Waals surface area contributed by atoms with Crippen LogP contribution in [0.25, 0.3) is 10.9 Å². The summed E-state index contributed by atoms with van der Waals surface area (Å²) in [5.41, 5.74) is 1.91. The van der Waals surface area contributed by atoms with Crippen LogP contribution in [0.3, 0.4) is 0 Å². The number of carbonyl (C=O) groups is 1. The Morgan fingerprint density at radius 3 is 2.77 bits per heavy atom. The zero-order valence-electron chi connectivity index (χ0n) is 13.2. The first-order valence-corrected chi connectivity index (χ1v) is 8.97. The van der Waals surface area contributed by atoms with Gasteiger partial charge in [0.15, 0.2) is 0 Å². The van der Waals surface area contributed by atoms with E-state index in [1.807, 2.05) is 17.0 Å². The van der Waals surface area contributed by atoms with Crippen LogP contribution in [0.5, 0.6) is 0 Å². The summed E-state index contributed by atoms with van der Waals surface area (Å²) in [6.07, 6.45) is 3.57. The molecule has 0 bridgehead atoms. The molecule has 1 aromatic heterocycles. The van der Waals surface area contributed by atoms with Crippen molar-refractivity contribution < 1.29 is 4.79 Å². The number of carbonyl (C=O) groups excluding carboxylic acids is 1. The normalized spacial score (nSPS) is 19.6. The number of fused-ring (bicyclic) bond motifs is 1. The van der Waals surface area contributed by atoms with Crippen molar-refractivity contribution in [2.45, 2.75) is 39.7 Å². The highest BCUT2D eigenvalue weighted by atomic mass is 127.